The van der Waals surface area contributed by atoms with E-state index in [2.05, 4.69) is 10.1 Å². The summed E-state index contributed by atoms with van der Waals surface area (Å²) >= 11 is 0. The van der Waals surface area contributed by atoms with Gasteiger partial charge in [-0.25, -0.2) is 8.42 Å². The predicted octanol–water partition coefficient (Wildman–Crippen LogP) is 3.49. The molecule has 5 rings (SSSR count). The summed E-state index contributed by atoms with van der Waals surface area (Å²) in [5.74, 6) is 1.90. The van der Waals surface area contributed by atoms with Gasteiger partial charge in [0.05, 0.1) is 11.3 Å². The van der Waals surface area contributed by atoms with Gasteiger partial charge in [-0.2, -0.15) is 9.29 Å². The van der Waals surface area contributed by atoms with Gasteiger partial charge < -0.3 is 4.52 Å². The molecule has 0 amide bonds. The van der Waals surface area contributed by atoms with Crippen molar-refractivity contribution in [2.24, 2.45) is 5.41 Å². The van der Waals surface area contributed by atoms with Crippen molar-refractivity contribution in [3.05, 3.63) is 41.5 Å². The molecule has 1 aromatic carbocycles. The first-order valence-electron chi connectivity index (χ1n) is 9.96. The molecule has 1 spiro atoms. The minimum absolute atomic E-state index is 0.364. The number of aromatic nitrogens is 2. The lowest BCUT2D eigenvalue weighted by Gasteiger charge is -2.33. The van der Waals surface area contributed by atoms with Crippen LogP contribution >= 0.6 is 0 Å². The molecule has 1 aromatic heterocycles. The van der Waals surface area contributed by atoms with E-state index in [-0.39, 0.29) is 0 Å². The summed E-state index contributed by atoms with van der Waals surface area (Å²) < 4.78 is 32.5. The Labute approximate surface area is 160 Å². The number of hydrogen-bond acceptors (Lipinski definition) is 5. The molecule has 1 aliphatic heterocycles. The van der Waals surface area contributed by atoms with Gasteiger partial charge in [-0.3, -0.25) is 0 Å². The first-order valence-corrected chi connectivity index (χ1v) is 11.4. The van der Waals surface area contributed by atoms with Gasteiger partial charge in [-0.05, 0) is 61.6 Å². The molecule has 7 heteroatoms. The summed E-state index contributed by atoms with van der Waals surface area (Å²) in [7, 11) is -3.38. The third kappa shape index (κ3) is 3.31. The molecule has 2 aliphatic carbocycles. The molecule has 0 radical (unpaired) electrons. The number of benzene rings is 1. The van der Waals surface area contributed by atoms with Crippen LogP contribution < -0.4 is 0 Å². The molecule has 0 unspecified atom stereocenters. The minimum Gasteiger partial charge on any atom is -0.339 e. The molecule has 3 aliphatic rings. The molecule has 0 atom stereocenters. The minimum atomic E-state index is -3.38. The molecule has 2 aromatic rings. The summed E-state index contributed by atoms with van der Waals surface area (Å²) in [6.07, 6.45) is 8.66. The van der Waals surface area contributed by atoms with Gasteiger partial charge in [-0.15, -0.1) is 0 Å². The lowest BCUT2D eigenvalue weighted by atomic mass is 9.71. The highest BCUT2D eigenvalue weighted by Gasteiger charge is 2.54. The number of sulfonamides is 1. The Kier molecular flexibility index (Phi) is 4.13. The van der Waals surface area contributed by atoms with E-state index in [9.17, 15) is 8.42 Å². The zero-order valence-electron chi connectivity index (χ0n) is 15.4. The van der Waals surface area contributed by atoms with E-state index in [1.54, 1.807) is 16.4 Å². The number of hydrogen-bond donors (Lipinski definition) is 0. The first kappa shape index (κ1) is 17.4. The molecule has 27 heavy (non-hydrogen) atoms. The van der Waals surface area contributed by atoms with Gasteiger partial charge >= 0.3 is 0 Å². The summed E-state index contributed by atoms with van der Waals surface area (Å²) in [5.41, 5.74) is 1.61. The van der Waals surface area contributed by atoms with Crippen molar-refractivity contribution < 1.29 is 12.9 Å². The normalized spacial score (nSPS) is 22.7. The van der Waals surface area contributed by atoms with Crippen molar-refractivity contribution >= 4 is 10.0 Å². The lowest BCUT2D eigenvalue weighted by molar-refractivity contribution is 0.223. The zero-order chi connectivity index (χ0) is 18.5. The van der Waals surface area contributed by atoms with Crippen LogP contribution in [-0.4, -0.2) is 36.0 Å². The molecule has 2 heterocycles. The average molecular weight is 388 g/mol. The summed E-state index contributed by atoms with van der Waals surface area (Å²) in [5, 5.41) is 4.16. The SMILES string of the molecule is O=S(=O)(c1ccc(Cc2nc(C3CC4(CC4)C3)no2)cc1)N1CCCCC1. The second-order valence-corrected chi connectivity index (χ2v) is 10.4. The second-order valence-electron chi connectivity index (χ2n) is 8.44. The van der Waals surface area contributed by atoms with Crippen LogP contribution in [0, 0.1) is 5.41 Å². The van der Waals surface area contributed by atoms with E-state index < -0.39 is 10.0 Å². The Morgan fingerprint density at radius 2 is 1.78 bits per heavy atom. The highest BCUT2D eigenvalue weighted by Crippen LogP contribution is 2.65. The van der Waals surface area contributed by atoms with Crippen LogP contribution in [0.3, 0.4) is 0 Å². The Morgan fingerprint density at radius 3 is 2.44 bits per heavy atom. The molecule has 3 fully saturated rings. The van der Waals surface area contributed by atoms with Gasteiger partial charge in [0.25, 0.3) is 0 Å². The van der Waals surface area contributed by atoms with Crippen molar-refractivity contribution in [3.8, 4) is 0 Å². The van der Waals surface area contributed by atoms with E-state index in [4.69, 9.17) is 4.52 Å². The lowest BCUT2D eigenvalue weighted by Crippen LogP contribution is -2.35. The van der Waals surface area contributed by atoms with E-state index in [0.29, 0.717) is 41.6 Å². The third-order valence-electron chi connectivity index (χ3n) is 6.40. The fourth-order valence-corrected chi connectivity index (χ4v) is 5.98. The average Bonchev–Trinajstić information content (AvgIpc) is 3.35. The molecular weight excluding hydrogens is 362 g/mol. The van der Waals surface area contributed by atoms with E-state index in [1.165, 1.54) is 25.7 Å². The molecule has 1 saturated heterocycles. The van der Waals surface area contributed by atoms with Crippen molar-refractivity contribution in [2.45, 2.75) is 62.2 Å². The van der Waals surface area contributed by atoms with Gasteiger partial charge in [0.15, 0.2) is 5.82 Å². The summed E-state index contributed by atoms with van der Waals surface area (Å²) in [4.78, 5) is 4.93. The molecule has 144 valence electrons. The number of piperidine rings is 1. The van der Waals surface area contributed by atoms with E-state index in [0.717, 1.165) is 30.7 Å². The number of rotatable bonds is 5. The van der Waals surface area contributed by atoms with E-state index in [1.807, 2.05) is 12.1 Å². The summed E-state index contributed by atoms with van der Waals surface area (Å²) in [6.45, 7) is 1.24. The molecule has 6 nitrogen and oxygen atoms in total. The van der Waals surface area contributed by atoms with Crippen LogP contribution in [0.15, 0.2) is 33.7 Å². The Balaban J connectivity index is 1.25. The fourth-order valence-electron chi connectivity index (χ4n) is 4.47. The molecule has 2 saturated carbocycles. The first-order chi connectivity index (χ1) is 13.0. The van der Waals surface area contributed by atoms with Crippen molar-refractivity contribution in [2.75, 3.05) is 13.1 Å². The maximum absolute atomic E-state index is 12.7. The Hall–Kier alpha value is -1.73. The van der Waals surface area contributed by atoms with Crippen molar-refractivity contribution in [3.63, 3.8) is 0 Å². The molecule has 0 bridgehead atoms. The largest absolute Gasteiger partial charge is 0.339 e. The second kappa shape index (κ2) is 6.41. The highest BCUT2D eigenvalue weighted by atomic mass is 32.2. The summed E-state index contributed by atoms with van der Waals surface area (Å²) in [6, 6.07) is 7.09. The molecule has 0 N–H and O–H groups in total. The maximum Gasteiger partial charge on any atom is 0.243 e. The van der Waals surface area contributed by atoms with Gasteiger partial charge in [-0.1, -0.05) is 23.7 Å². The predicted molar refractivity (Wildman–Crippen MR) is 99.8 cm³/mol. The van der Waals surface area contributed by atoms with Crippen LogP contribution in [0.5, 0.6) is 0 Å². The Morgan fingerprint density at radius 1 is 1.07 bits per heavy atom. The Bertz CT molecular complexity index is 918. The van der Waals surface area contributed by atoms with E-state index >= 15 is 0 Å². The fraction of sp³-hybridized carbons (Fsp3) is 0.600. The van der Waals surface area contributed by atoms with Crippen LogP contribution in [-0.2, 0) is 16.4 Å². The van der Waals surface area contributed by atoms with Crippen molar-refractivity contribution in [1.82, 2.24) is 14.4 Å². The highest BCUT2D eigenvalue weighted by molar-refractivity contribution is 7.89. The topological polar surface area (TPSA) is 76.3 Å². The smallest absolute Gasteiger partial charge is 0.243 e. The number of nitrogens with zero attached hydrogens (tertiary/aromatic N) is 3. The van der Waals surface area contributed by atoms with Crippen molar-refractivity contribution in [1.29, 1.82) is 0 Å². The zero-order valence-corrected chi connectivity index (χ0v) is 16.2. The monoisotopic (exact) mass is 387 g/mol. The quantitative estimate of drug-likeness (QED) is 0.785. The van der Waals surface area contributed by atoms with Crippen LogP contribution in [0.1, 0.15) is 68.1 Å². The maximum atomic E-state index is 12.7. The van der Waals surface area contributed by atoms with Crippen LogP contribution in [0.25, 0.3) is 0 Å². The third-order valence-corrected chi connectivity index (χ3v) is 8.31. The van der Waals surface area contributed by atoms with Gasteiger partial charge in [0.1, 0.15) is 0 Å². The van der Waals surface area contributed by atoms with Crippen LogP contribution in [0.2, 0.25) is 0 Å². The van der Waals surface area contributed by atoms with Gasteiger partial charge in [0.2, 0.25) is 15.9 Å². The molecular formula is C20H25N3O3S. The van der Waals surface area contributed by atoms with Crippen LogP contribution in [0.4, 0.5) is 0 Å². The van der Waals surface area contributed by atoms with Gasteiger partial charge in [0, 0.05) is 19.0 Å². The standard InChI is InChI=1S/C20H25N3O3S/c24-27(25,23-10-2-1-3-11-23)17-6-4-15(5-7-17)12-18-21-19(22-26-18)16-13-20(14-16)8-9-20/h4-7,16H,1-3,8-14H2.